The van der Waals surface area contributed by atoms with Gasteiger partial charge in [0.1, 0.15) is 12.2 Å². The molecule has 142 valence electrons. The smallest absolute Gasteiger partial charge is 0.110 e. The molecule has 6 heteroatoms. The van der Waals surface area contributed by atoms with Gasteiger partial charge < -0.3 is 24.6 Å². The van der Waals surface area contributed by atoms with Gasteiger partial charge in [-0.3, -0.25) is 0 Å². The van der Waals surface area contributed by atoms with Gasteiger partial charge in [0.25, 0.3) is 0 Å². The lowest BCUT2D eigenvalue weighted by Crippen LogP contribution is -2.51. The van der Waals surface area contributed by atoms with Crippen LogP contribution in [0.2, 0.25) is 0 Å². The van der Waals surface area contributed by atoms with E-state index in [1.54, 1.807) is 6.33 Å². The first-order chi connectivity index (χ1) is 13.0. The number of ether oxygens (including phenoxy) is 1. The van der Waals surface area contributed by atoms with Crippen molar-refractivity contribution in [2.24, 2.45) is 13.0 Å². The molecule has 0 spiro atoms. The first-order valence-corrected chi connectivity index (χ1v) is 9.13. The number of imidazole rings is 1. The Morgan fingerprint density at radius 3 is 2.63 bits per heavy atom. The number of aliphatic hydroxyl groups excluding tert-OH is 3. The lowest BCUT2D eigenvalue weighted by atomic mass is 9.84. The lowest BCUT2D eigenvalue weighted by molar-refractivity contribution is -0.207. The predicted molar refractivity (Wildman–Crippen MR) is 102 cm³/mol. The van der Waals surface area contributed by atoms with E-state index in [-0.39, 0.29) is 12.5 Å². The van der Waals surface area contributed by atoms with Crippen molar-refractivity contribution in [2.45, 2.75) is 31.3 Å². The molecule has 0 amide bonds. The molecule has 0 saturated carbocycles. The SMILES string of the molecule is C[C@H]1[C@@H](O)[C@H](O)[C@@H](CO)O[C@@H]1c1cccc(-c2ccc3c(c2)ncn3C)c1. The summed E-state index contributed by atoms with van der Waals surface area (Å²) in [6, 6.07) is 14.1. The zero-order valence-corrected chi connectivity index (χ0v) is 15.4. The Labute approximate surface area is 157 Å². The molecule has 0 aliphatic carbocycles. The van der Waals surface area contributed by atoms with Gasteiger partial charge in [-0.2, -0.15) is 0 Å². The molecule has 2 aromatic carbocycles. The highest BCUT2D eigenvalue weighted by molar-refractivity contribution is 5.82. The van der Waals surface area contributed by atoms with E-state index in [0.717, 1.165) is 27.7 Å². The van der Waals surface area contributed by atoms with Crippen LogP contribution in [0.5, 0.6) is 0 Å². The number of aromatic nitrogens is 2. The highest BCUT2D eigenvalue weighted by Crippen LogP contribution is 2.38. The molecule has 27 heavy (non-hydrogen) atoms. The molecule has 1 fully saturated rings. The van der Waals surface area contributed by atoms with Crippen LogP contribution >= 0.6 is 0 Å². The summed E-state index contributed by atoms with van der Waals surface area (Å²) in [5.41, 5.74) is 4.98. The van der Waals surface area contributed by atoms with E-state index in [2.05, 4.69) is 17.1 Å². The fourth-order valence-electron chi connectivity index (χ4n) is 3.85. The van der Waals surface area contributed by atoms with Crippen LogP contribution in [0, 0.1) is 5.92 Å². The van der Waals surface area contributed by atoms with Gasteiger partial charge in [0.2, 0.25) is 0 Å². The minimum Gasteiger partial charge on any atom is -0.394 e. The zero-order chi connectivity index (χ0) is 19.1. The molecule has 5 atom stereocenters. The van der Waals surface area contributed by atoms with Crippen LogP contribution in [-0.2, 0) is 11.8 Å². The maximum Gasteiger partial charge on any atom is 0.110 e. The van der Waals surface area contributed by atoms with Crippen molar-refractivity contribution in [1.29, 1.82) is 0 Å². The van der Waals surface area contributed by atoms with E-state index >= 15 is 0 Å². The van der Waals surface area contributed by atoms with Crippen LogP contribution in [0.3, 0.4) is 0 Å². The molecule has 0 radical (unpaired) electrons. The van der Waals surface area contributed by atoms with Crippen LogP contribution in [0.4, 0.5) is 0 Å². The van der Waals surface area contributed by atoms with Gasteiger partial charge in [-0.25, -0.2) is 4.98 Å². The number of nitrogens with zero attached hydrogens (tertiary/aromatic N) is 2. The van der Waals surface area contributed by atoms with Crippen LogP contribution < -0.4 is 0 Å². The number of rotatable bonds is 3. The van der Waals surface area contributed by atoms with Crippen molar-refractivity contribution >= 4 is 11.0 Å². The number of hydrogen-bond donors (Lipinski definition) is 3. The largest absolute Gasteiger partial charge is 0.394 e. The molecule has 3 N–H and O–H groups in total. The van der Waals surface area contributed by atoms with Crippen LogP contribution in [-0.4, -0.2) is 49.8 Å². The monoisotopic (exact) mass is 368 g/mol. The van der Waals surface area contributed by atoms with E-state index in [1.165, 1.54) is 0 Å². The van der Waals surface area contributed by atoms with Crippen molar-refractivity contribution in [1.82, 2.24) is 9.55 Å². The second kappa shape index (κ2) is 7.05. The summed E-state index contributed by atoms with van der Waals surface area (Å²) in [7, 11) is 1.97. The molecule has 3 aromatic rings. The average Bonchev–Trinajstić information content (AvgIpc) is 3.07. The van der Waals surface area contributed by atoms with Crippen LogP contribution in [0.15, 0.2) is 48.8 Å². The minimum absolute atomic E-state index is 0.295. The van der Waals surface area contributed by atoms with Gasteiger partial charge in [0, 0.05) is 13.0 Å². The van der Waals surface area contributed by atoms with Crippen LogP contribution in [0.1, 0.15) is 18.6 Å². The number of aliphatic hydroxyl groups is 3. The Morgan fingerprint density at radius 2 is 1.85 bits per heavy atom. The Kier molecular flexibility index (Phi) is 4.74. The quantitative estimate of drug-likeness (QED) is 0.658. The van der Waals surface area contributed by atoms with E-state index in [1.807, 2.05) is 48.9 Å². The molecule has 0 bridgehead atoms. The van der Waals surface area contributed by atoms with E-state index < -0.39 is 24.4 Å². The third kappa shape index (κ3) is 3.15. The molecule has 4 rings (SSSR count). The number of aryl methyl sites for hydroxylation is 1. The van der Waals surface area contributed by atoms with Crippen molar-refractivity contribution < 1.29 is 20.1 Å². The van der Waals surface area contributed by atoms with Gasteiger partial charge in [0.05, 0.1) is 36.2 Å². The van der Waals surface area contributed by atoms with Gasteiger partial charge >= 0.3 is 0 Å². The third-order valence-corrected chi connectivity index (χ3v) is 5.52. The first-order valence-electron chi connectivity index (χ1n) is 9.13. The zero-order valence-electron chi connectivity index (χ0n) is 15.4. The average molecular weight is 368 g/mol. The summed E-state index contributed by atoms with van der Waals surface area (Å²) in [6.45, 7) is 1.51. The lowest BCUT2D eigenvalue weighted by Gasteiger charge is -2.41. The predicted octanol–water partition coefficient (Wildman–Crippen LogP) is 2.03. The van der Waals surface area contributed by atoms with E-state index in [9.17, 15) is 15.3 Å². The van der Waals surface area contributed by atoms with Crippen molar-refractivity contribution in [2.75, 3.05) is 6.61 Å². The summed E-state index contributed by atoms with van der Waals surface area (Å²) in [5, 5.41) is 29.9. The van der Waals surface area contributed by atoms with Crippen molar-refractivity contribution in [3.63, 3.8) is 0 Å². The normalized spacial score (nSPS) is 28.6. The highest BCUT2D eigenvalue weighted by atomic mass is 16.5. The topological polar surface area (TPSA) is 87.7 Å². The van der Waals surface area contributed by atoms with Gasteiger partial charge in [-0.05, 0) is 34.9 Å². The van der Waals surface area contributed by atoms with E-state index in [4.69, 9.17) is 4.74 Å². The van der Waals surface area contributed by atoms with Gasteiger partial charge in [-0.15, -0.1) is 0 Å². The fraction of sp³-hybridized carbons (Fsp3) is 0.381. The Morgan fingerprint density at radius 1 is 1.07 bits per heavy atom. The second-order valence-corrected chi connectivity index (χ2v) is 7.30. The second-order valence-electron chi connectivity index (χ2n) is 7.30. The molecule has 1 saturated heterocycles. The maximum absolute atomic E-state index is 10.3. The number of fused-ring (bicyclic) bond motifs is 1. The van der Waals surface area contributed by atoms with Crippen molar-refractivity contribution in [3.8, 4) is 11.1 Å². The minimum atomic E-state index is -1.09. The molecule has 1 aliphatic rings. The number of hydrogen-bond acceptors (Lipinski definition) is 5. The number of benzene rings is 2. The molecular formula is C21H24N2O4. The summed E-state index contributed by atoms with van der Waals surface area (Å²) in [5.74, 6) is -0.295. The van der Waals surface area contributed by atoms with Crippen LogP contribution in [0.25, 0.3) is 22.2 Å². The summed E-state index contributed by atoms with van der Waals surface area (Å²) >= 11 is 0. The molecule has 6 nitrogen and oxygen atoms in total. The maximum atomic E-state index is 10.3. The summed E-state index contributed by atoms with van der Waals surface area (Å²) in [6.07, 6.45) is -1.44. The fourth-order valence-corrected chi connectivity index (χ4v) is 3.85. The Hall–Kier alpha value is -2.25. The Bertz CT molecular complexity index is 952. The molecular weight excluding hydrogens is 344 g/mol. The summed E-state index contributed by atoms with van der Waals surface area (Å²) in [4.78, 5) is 4.42. The molecule has 2 heterocycles. The molecule has 1 aromatic heterocycles. The van der Waals surface area contributed by atoms with E-state index in [0.29, 0.717) is 0 Å². The summed E-state index contributed by atoms with van der Waals surface area (Å²) < 4.78 is 7.89. The van der Waals surface area contributed by atoms with Crippen molar-refractivity contribution in [3.05, 3.63) is 54.4 Å². The van der Waals surface area contributed by atoms with Gasteiger partial charge in [0.15, 0.2) is 0 Å². The third-order valence-electron chi connectivity index (χ3n) is 5.52. The Balaban J connectivity index is 1.69. The standard InChI is InChI=1S/C21H24N2O4/c1-12-19(25)20(26)18(10-24)27-21(12)15-5-3-4-13(8-15)14-6-7-17-16(9-14)22-11-23(17)2/h3-9,11-12,18-21,24-26H,10H2,1-2H3/t12-,18+,19+,20+,21-/m0/s1. The van der Waals surface area contributed by atoms with Gasteiger partial charge in [-0.1, -0.05) is 31.2 Å². The molecule has 0 unspecified atom stereocenters. The first kappa shape index (κ1) is 18.1. The molecule has 1 aliphatic heterocycles. The highest BCUT2D eigenvalue weighted by Gasteiger charge is 2.42.